The third-order valence-electron chi connectivity index (χ3n) is 3.91. The Morgan fingerprint density at radius 3 is 2.75 bits per heavy atom. The van der Waals surface area contributed by atoms with Gasteiger partial charge in [0.1, 0.15) is 5.82 Å². The number of nitrogens with zero attached hydrogens (tertiary/aromatic N) is 1. The minimum Gasteiger partial charge on any atom is -0.381 e. The Balaban J connectivity index is 1.60. The van der Waals surface area contributed by atoms with Crippen molar-refractivity contribution in [2.24, 2.45) is 7.05 Å². The smallest absolute Gasteiger partial charge is 0.250 e. The number of anilines is 1. The molecule has 0 aliphatic heterocycles. The third-order valence-corrected chi connectivity index (χ3v) is 3.91. The predicted octanol–water partition coefficient (Wildman–Crippen LogP) is 2.88. The summed E-state index contributed by atoms with van der Waals surface area (Å²) < 4.78 is 14.7. The lowest BCUT2D eigenvalue weighted by atomic mass is 9.76. The summed E-state index contributed by atoms with van der Waals surface area (Å²) in [5.74, 6) is 0.257. The summed E-state index contributed by atoms with van der Waals surface area (Å²) in [4.78, 5) is 11.3. The summed E-state index contributed by atoms with van der Waals surface area (Å²) in [6.07, 6.45) is 3.79. The lowest BCUT2D eigenvalue weighted by molar-refractivity contribution is 0.373. The van der Waals surface area contributed by atoms with E-state index in [0.29, 0.717) is 12.0 Å². The lowest BCUT2D eigenvalue weighted by Gasteiger charge is -2.37. The molecular weight excluding hydrogens is 255 g/mol. The maximum Gasteiger partial charge on any atom is 0.250 e. The highest BCUT2D eigenvalue weighted by Crippen LogP contribution is 2.38. The molecule has 0 amide bonds. The Kier molecular flexibility index (Phi) is 3.30. The molecule has 1 heterocycles. The van der Waals surface area contributed by atoms with E-state index in [2.05, 4.69) is 5.32 Å². The molecule has 0 unspecified atom stereocenters. The van der Waals surface area contributed by atoms with E-state index in [4.69, 9.17) is 0 Å². The van der Waals surface area contributed by atoms with Crippen molar-refractivity contribution in [3.63, 3.8) is 0 Å². The van der Waals surface area contributed by atoms with Gasteiger partial charge in [-0.15, -0.1) is 0 Å². The Morgan fingerprint density at radius 1 is 1.25 bits per heavy atom. The van der Waals surface area contributed by atoms with E-state index in [1.807, 2.05) is 6.07 Å². The highest BCUT2D eigenvalue weighted by Gasteiger charge is 2.30. The number of nitrogens with one attached hydrogen (secondary N) is 1. The van der Waals surface area contributed by atoms with Gasteiger partial charge in [-0.1, -0.05) is 12.1 Å². The van der Waals surface area contributed by atoms with Gasteiger partial charge in [0.15, 0.2) is 0 Å². The molecule has 1 aliphatic carbocycles. The molecule has 1 aromatic heterocycles. The van der Waals surface area contributed by atoms with Gasteiger partial charge in [-0.3, -0.25) is 4.79 Å². The van der Waals surface area contributed by atoms with E-state index < -0.39 is 0 Å². The van der Waals surface area contributed by atoms with Crippen molar-refractivity contribution in [1.82, 2.24) is 4.57 Å². The van der Waals surface area contributed by atoms with Crippen LogP contribution in [0, 0.1) is 5.82 Å². The first-order valence-corrected chi connectivity index (χ1v) is 6.80. The van der Waals surface area contributed by atoms with Gasteiger partial charge in [0.2, 0.25) is 5.56 Å². The van der Waals surface area contributed by atoms with Crippen LogP contribution < -0.4 is 10.9 Å². The average molecular weight is 272 g/mol. The maximum atomic E-state index is 13.2. The summed E-state index contributed by atoms with van der Waals surface area (Å²) in [5, 5.41) is 3.41. The standard InChI is InChI=1S/C16H17FN2O/c1-19-10-14(5-6-16(19)20)18-15-8-12(9-15)11-3-2-4-13(17)7-11/h2-7,10,12,15,18H,8-9H2,1H3. The Hall–Kier alpha value is -2.10. The molecule has 0 spiro atoms. The number of halogens is 1. The molecule has 1 saturated carbocycles. The highest BCUT2D eigenvalue weighted by atomic mass is 19.1. The van der Waals surface area contributed by atoms with E-state index in [9.17, 15) is 9.18 Å². The van der Waals surface area contributed by atoms with E-state index in [0.717, 1.165) is 24.1 Å². The molecule has 0 saturated heterocycles. The largest absolute Gasteiger partial charge is 0.381 e. The second-order valence-corrected chi connectivity index (χ2v) is 5.43. The van der Waals surface area contributed by atoms with Crippen LogP contribution in [0.5, 0.6) is 0 Å². The molecule has 4 heteroatoms. The second-order valence-electron chi connectivity index (χ2n) is 5.43. The minimum absolute atomic E-state index is 0.0122. The van der Waals surface area contributed by atoms with Crippen molar-refractivity contribution in [1.29, 1.82) is 0 Å². The molecule has 0 radical (unpaired) electrons. The quantitative estimate of drug-likeness (QED) is 0.932. The van der Waals surface area contributed by atoms with E-state index in [1.165, 1.54) is 6.07 Å². The van der Waals surface area contributed by atoms with Gasteiger partial charge in [0, 0.05) is 25.4 Å². The van der Waals surface area contributed by atoms with Crippen LogP contribution in [0.25, 0.3) is 0 Å². The SMILES string of the molecule is Cn1cc(NC2CC(c3cccc(F)c3)C2)ccc1=O. The first-order valence-electron chi connectivity index (χ1n) is 6.80. The second kappa shape index (κ2) is 5.12. The zero-order valence-corrected chi connectivity index (χ0v) is 11.3. The first-order chi connectivity index (χ1) is 9.61. The average Bonchev–Trinajstić information content (AvgIpc) is 2.37. The molecule has 1 fully saturated rings. The van der Waals surface area contributed by atoms with Crippen LogP contribution in [0.2, 0.25) is 0 Å². The fourth-order valence-corrected chi connectivity index (χ4v) is 2.68. The molecule has 1 aromatic carbocycles. The van der Waals surface area contributed by atoms with Crippen LogP contribution in [-0.2, 0) is 7.05 Å². The van der Waals surface area contributed by atoms with Gasteiger partial charge >= 0.3 is 0 Å². The summed E-state index contributed by atoms with van der Waals surface area (Å²) in [6.45, 7) is 0. The van der Waals surface area contributed by atoms with Gasteiger partial charge in [-0.05, 0) is 42.5 Å². The monoisotopic (exact) mass is 272 g/mol. The van der Waals surface area contributed by atoms with Crippen LogP contribution in [0.15, 0.2) is 47.4 Å². The molecule has 3 nitrogen and oxygen atoms in total. The van der Waals surface area contributed by atoms with Gasteiger partial charge in [-0.2, -0.15) is 0 Å². The zero-order chi connectivity index (χ0) is 14.1. The molecule has 104 valence electrons. The number of aromatic nitrogens is 1. The van der Waals surface area contributed by atoms with Gasteiger partial charge in [0.25, 0.3) is 0 Å². The fourth-order valence-electron chi connectivity index (χ4n) is 2.68. The van der Waals surface area contributed by atoms with Crippen LogP contribution >= 0.6 is 0 Å². The van der Waals surface area contributed by atoms with Crippen molar-refractivity contribution < 1.29 is 4.39 Å². The number of hydrogen-bond acceptors (Lipinski definition) is 2. The molecule has 20 heavy (non-hydrogen) atoms. The van der Waals surface area contributed by atoms with Crippen molar-refractivity contribution in [2.45, 2.75) is 24.8 Å². The zero-order valence-electron chi connectivity index (χ0n) is 11.3. The van der Waals surface area contributed by atoms with Crippen molar-refractivity contribution >= 4 is 5.69 Å². The summed E-state index contributed by atoms with van der Waals surface area (Å²) in [5.41, 5.74) is 2.01. The third kappa shape index (κ3) is 2.59. The number of rotatable bonds is 3. The van der Waals surface area contributed by atoms with Crippen LogP contribution in [0.3, 0.4) is 0 Å². The van der Waals surface area contributed by atoms with Crippen molar-refractivity contribution in [3.8, 4) is 0 Å². The van der Waals surface area contributed by atoms with Crippen LogP contribution in [-0.4, -0.2) is 10.6 Å². The Labute approximate surface area is 117 Å². The van der Waals surface area contributed by atoms with Gasteiger partial charge < -0.3 is 9.88 Å². The van der Waals surface area contributed by atoms with Crippen molar-refractivity contribution in [3.05, 3.63) is 64.3 Å². The van der Waals surface area contributed by atoms with Gasteiger partial charge in [0.05, 0.1) is 5.69 Å². The minimum atomic E-state index is -0.169. The lowest BCUT2D eigenvalue weighted by Crippen LogP contribution is -2.34. The molecule has 3 rings (SSSR count). The maximum absolute atomic E-state index is 13.2. The predicted molar refractivity (Wildman–Crippen MR) is 77.5 cm³/mol. The highest BCUT2D eigenvalue weighted by molar-refractivity contribution is 5.42. The van der Waals surface area contributed by atoms with Crippen LogP contribution in [0.4, 0.5) is 10.1 Å². The van der Waals surface area contributed by atoms with Crippen molar-refractivity contribution in [2.75, 3.05) is 5.32 Å². The Bertz CT molecular complexity index is 674. The number of pyridine rings is 1. The summed E-state index contributed by atoms with van der Waals surface area (Å²) in [6, 6.07) is 10.6. The van der Waals surface area contributed by atoms with E-state index >= 15 is 0 Å². The topological polar surface area (TPSA) is 34.0 Å². The number of aryl methyl sites for hydroxylation is 1. The number of hydrogen-bond donors (Lipinski definition) is 1. The van der Waals surface area contributed by atoms with E-state index in [1.54, 1.807) is 42.1 Å². The van der Waals surface area contributed by atoms with E-state index in [-0.39, 0.29) is 11.4 Å². The van der Waals surface area contributed by atoms with Gasteiger partial charge in [-0.25, -0.2) is 4.39 Å². The summed E-state index contributed by atoms with van der Waals surface area (Å²) >= 11 is 0. The number of benzene rings is 1. The molecule has 1 aliphatic rings. The first kappa shape index (κ1) is 12.9. The molecule has 2 aromatic rings. The Morgan fingerprint density at radius 2 is 2.05 bits per heavy atom. The normalized spacial score (nSPS) is 21.3. The fraction of sp³-hybridized carbons (Fsp3) is 0.312. The van der Waals surface area contributed by atoms with Crippen LogP contribution in [0.1, 0.15) is 24.3 Å². The molecule has 0 bridgehead atoms. The molecular formula is C16H17FN2O. The molecule has 0 atom stereocenters. The summed E-state index contributed by atoms with van der Waals surface area (Å²) in [7, 11) is 1.74. The molecule has 1 N–H and O–H groups in total.